The summed E-state index contributed by atoms with van der Waals surface area (Å²) in [5, 5.41) is 0. The SMILES string of the molecule is CCC(CCCCCCCCCCCCCC(=O)OCC(C)C)CCC(=O)OCC(C)C. The normalized spacial score (nSPS) is 12.3. The first-order chi connectivity index (χ1) is 15.3. The highest BCUT2D eigenvalue weighted by molar-refractivity contribution is 5.69. The molecule has 0 aromatic rings. The van der Waals surface area contributed by atoms with Crippen molar-refractivity contribution in [3.63, 3.8) is 0 Å². The zero-order chi connectivity index (χ0) is 24.0. The van der Waals surface area contributed by atoms with Crippen LogP contribution in [-0.4, -0.2) is 25.2 Å². The second-order valence-corrected chi connectivity index (χ2v) is 10.4. The molecule has 0 saturated heterocycles. The lowest BCUT2D eigenvalue weighted by atomic mass is 9.93. The van der Waals surface area contributed by atoms with Gasteiger partial charge in [-0.25, -0.2) is 0 Å². The molecule has 0 aliphatic carbocycles. The smallest absolute Gasteiger partial charge is 0.305 e. The first-order valence-corrected chi connectivity index (χ1v) is 13.7. The summed E-state index contributed by atoms with van der Waals surface area (Å²) < 4.78 is 10.5. The third-order valence-electron chi connectivity index (χ3n) is 5.98. The highest BCUT2D eigenvalue weighted by Gasteiger charge is 2.11. The van der Waals surface area contributed by atoms with Crippen molar-refractivity contribution >= 4 is 11.9 Å². The van der Waals surface area contributed by atoms with Gasteiger partial charge < -0.3 is 9.47 Å². The Morgan fingerprint density at radius 2 is 0.969 bits per heavy atom. The predicted octanol–water partition coefficient (Wildman–Crippen LogP) is 8.26. The van der Waals surface area contributed by atoms with Crippen LogP contribution >= 0.6 is 0 Å². The molecule has 190 valence electrons. The van der Waals surface area contributed by atoms with E-state index in [1.54, 1.807) is 0 Å². The van der Waals surface area contributed by atoms with Crippen LogP contribution in [0.15, 0.2) is 0 Å². The number of esters is 2. The third-order valence-corrected chi connectivity index (χ3v) is 5.98. The molecule has 1 atom stereocenters. The van der Waals surface area contributed by atoms with Gasteiger partial charge in [0.2, 0.25) is 0 Å². The van der Waals surface area contributed by atoms with E-state index in [1.807, 2.05) is 0 Å². The summed E-state index contributed by atoms with van der Waals surface area (Å²) in [4.78, 5) is 23.3. The maximum Gasteiger partial charge on any atom is 0.305 e. The molecule has 32 heavy (non-hydrogen) atoms. The molecule has 1 unspecified atom stereocenters. The van der Waals surface area contributed by atoms with Gasteiger partial charge >= 0.3 is 11.9 Å². The van der Waals surface area contributed by atoms with E-state index in [0.717, 1.165) is 25.7 Å². The molecule has 0 aliphatic rings. The van der Waals surface area contributed by atoms with Crippen molar-refractivity contribution in [2.45, 2.75) is 137 Å². The average Bonchev–Trinajstić information content (AvgIpc) is 2.75. The van der Waals surface area contributed by atoms with Gasteiger partial charge in [0, 0.05) is 12.8 Å². The van der Waals surface area contributed by atoms with Crippen molar-refractivity contribution in [3.05, 3.63) is 0 Å². The quantitative estimate of drug-likeness (QED) is 0.122. The first-order valence-electron chi connectivity index (χ1n) is 13.7. The van der Waals surface area contributed by atoms with Crippen LogP contribution in [0.2, 0.25) is 0 Å². The number of carbonyl (C=O) groups is 2. The molecule has 0 bridgehead atoms. The molecule has 0 amide bonds. The highest BCUT2D eigenvalue weighted by atomic mass is 16.5. The Morgan fingerprint density at radius 1 is 0.562 bits per heavy atom. The lowest BCUT2D eigenvalue weighted by Gasteiger charge is -2.14. The summed E-state index contributed by atoms with van der Waals surface area (Å²) in [6.45, 7) is 11.6. The molecule has 4 heteroatoms. The zero-order valence-electron chi connectivity index (χ0n) is 22.1. The van der Waals surface area contributed by atoms with Crippen molar-refractivity contribution < 1.29 is 19.1 Å². The van der Waals surface area contributed by atoms with E-state index in [2.05, 4.69) is 34.6 Å². The highest BCUT2D eigenvalue weighted by Crippen LogP contribution is 2.20. The van der Waals surface area contributed by atoms with Crippen molar-refractivity contribution in [3.8, 4) is 0 Å². The lowest BCUT2D eigenvalue weighted by molar-refractivity contribution is -0.145. The van der Waals surface area contributed by atoms with Crippen LogP contribution in [0.4, 0.5) is 0 Å². The maximum absolute atomic E-state index is 11.8. The van der Waals surface area contributed by atoms with Gasteiger partial charge in [-0.2, -0.15) is 0 Å². The molecule has 0 N–H and O–H groups in total. The molecular weight excluding hydrogens is 400 g/mol. The second kappa shape index (κ2) is 21.8. The fourth-order valence-electron chi connectivity index (χ4n) is 3.83. The maximum atomic E-state index is 11.8. The predicted molar refractivity (Wildman–Crippen MR) is 135 cm³/mol. The number of rotatable bonds is 22. The zero-order valence-corrected chi connectivity index (χ0v) is 22.1. The van der Waals surface area contributed by atoms with Crippen molar-refractivity contribution in [1.29, 1.82) is 0 Å². The Bertz CT molecular complexity index is 445. The van der Waals surface area contributed by atoms with Crippen molar-refractivity contribution in [2.75, 3.05) is 13.2 Å². The minimum Gasteiger partial charge on any atom is -0.465 e. The Balaban J connectivity index is 3.41. The minimum atomic E-state index is -0.0342. The molecule has 0 spiro atoms. The number of carbonyl (C=O) groups excluding carboxylic acids is 2. The van der Waals surface area contributed by atoms with E-state index in [0.29, 0.717) is 43.8 Å². The van der Waals surface area contributed by atoms with Crippen LogP contribution in [0.3, 0.4) is 0 Å². The first kappa shape index (κ1) is 30.9. The Kier molecular flexibility index (Phi) is 21.0. The number of ether oxygens (including phenoxy) is 2. The van der Waals surface area contributed by atoms with Gasteiger partial charge in [-0.1, -0.05) is 112 Å². The standard InChI is InChI=1S/C28H54O4/c1-6-26(20-21-28(30)32-23-25(4)5)18-16-14-12-10-8-7-9-11-13-15-17-19-27(29)31-22-24(2)3/h24-26H,6-23H2,1-5H3. The van der Waals surface area contributed by atoms with Crippen LogP contribution in [0.5, 0.6) is 0 Å². The topological polar surface area (TPSA) is 52.6 Å². The molecule has 0 aromatic carbocycles. The van der Waals surface area contributed by atoms with Crippen LogP contribution in [0.1, 0.15) is 137 Å². The third kappa shape index (κ3) is 22.1. The van der Waals surface area contributed by atoms with Gasteiger partial charge in [0.15, 0.2) is 0 Å². The minimum absolute atomic E-state index is 0.0266. The average molecular weight is 455 g/mol. The van der Waals surface area contributed by atoms with E-state index in [4.69, 9.17) is 9.47 Å². The van der Waals surface area contributed by atoms with Crippen LogP contribution in [-0.2, 0) is 19.1 Å². The van der Waals surface area contributed by atoms with E-state index < -0.39 is 0 Å². The summed E-state index contributed by atoms with van der Waals surface area (Å²) in [6, 6.07) is 0. The largest absolute Gasteiger partial charge is 0.465 e. The summed E-state index contributed by atoms with van der Waals surface area (Å²) in [7, 11) is 0. The van der Waals surface area contributed by atoms with Gasteiger partial charge in [0.25, 0.3) is 0 Å². The van der Waals surface area contributed by atoms with Gasteiger partial charge in [-0.15, -0.1) is 0 Å². The van der Waals surface area contributed by atoms with Crippen LogP contribution in [0.25, 0.3) is 0 Å². The molecule has 0 saturated carbocycles. The van der Waals surface area contributed by atoms with Crippen molar-refractivity contribution in [1.82, 2.24) is 0 Å². The second-order valence-electron chi connectivity index (χ2n) is 10.4. The fraction of sp³-hybridized carbons (Fsp3) is 0.929. The van der Waals surface area contributed by atoms with Gasteiger partial charge in [0.05, 0.1) is 13.2 Å². The van der Waals surface area contributed by atoms with E-state index >= 15 is 0 Å². The summed E-state index contributed by atoms with van der Waals surface area (Å²) in [5.74, 6) is 1.44. The van der Waals surface area contributed by atoms with Gasteiger partial charge in [-0.3, -0.25) is 9.59 Å². The molecular formula is C28H54O4. The van der Waals surface area contributed by atoms with Gasteiger partial charge in [-0.05, 0) is 30.6 Å². The molecule has 0 aliphatic heterocycles. The van der Waals surface area contributed by atoms with Crippen LogP contribution in [0, 0.1) is 17.8 Å². The number of hydrogen-bond acceptors (Lipinski definition) is 4. The molecule has 4 nitrogen and oxygen atoms in total. The molecule has 0 fully saturated rings. The lowest BCUT2D eigenvalue weighted by Crippen LogP contribution is -2.11. The monoisotopic (exact) mass is 454 g/mol. The Labute approximate surface area is 199 Å². The summed E-state index contributed by atoms with van der Waals surface area (Å²) in [5.41, 5.74) is 0. The number of hydrogen-bond donors (Lipinski definition) is 0. The number of unbranched alkanes of at least 4 members (excludes halogenated alkanes) is 10. The van der Waals surface area contributed by atoms with E-state index in [-0.39, 0.29) is 11.9 Å². The van der Waals surface area contributed by atoms with Crippen molar-refractivity contribution in [2.24, 2.45) is 17.8 Å². The van der Waals surface area contributed by atoms with E-state index in [1.165, 1.54) is 64.2 Å². The molecule has 0 rings (SSSR count). The molecule has 0 radical (unpaired) electrons. The summed E-state index contributed by atoms with van der Waals surface area (Å²) in [6.07, 6.45) is 18.5. The Hall–Kier alpha value is -1.06. The fourth-order valence-corrected chi connectivity index (χ4v) is 3.83. The van der Waals surface area contributed by atoms with E-state index in [9.17, 15) is 9.59 Å². The Morgan fingerprint density at radius 3 is 1.41 bits per heavy atom. The molecule has 0 heterocycles. The summed E-state index contributed by atoms with van der Waals surface area (Å²) >= 11 is 0. The van der Waals surface area contributed by atoms with Crippen LogP contribution < -0.4 is 0 Å². The molecule has 0 aromatic heterocycles. The van der Waals surface area contributed by atoms with Gasteiger partial charge in [0.1, 0.15) is 0 Å².